The molecule has 0 aliphatic rings. The molecule has 6 heteroatoms. The molecule has 0 spiro atoms. The maximum Gasteiger partial charge on any atom is 0.303 e. The second kappa shape index (κ2) is 7.79. The Morgan fingerprint density at radius 2 is 1.95 bits per heavy atom. The van der Waals surface area contributed by atoms with Crippen LogP contribution < -0.4 is 0 Å². The average molecular weight is 366 g/mol. The molecule has 116 valence electrons. The molecule has 0 saturated carbocycles. The third-order valence-electron chi connectivity index (χ3n) is 3.14. The molecule has 0 fully saturated rings. The van der Waals surface area contributed by atoms with Gasteiger partial charge in [-0.1, -0.05) is 30.3 Å². The van der Waals surface area contributed by atoms with E-state index in [1.165, 1.54) is 6.26 Å². The Morgan fingerprint density at radius 3 is 2.55 bits per heavy atom. The summed E-state index contributed by atoms with van der Waals surface area (Å²) in [7, 11) is 0. The second-order valence-electron chi connectivity index (χ2n) is 4.85. The van der Waals surface area contributed by atoms with E-state index in [0.29, 0.717) is 29.7 Å². The molecule has 0 atom stereocenters. The maximum absolute atomic E-state index is 12.5. The molecule has 1 N–H and O–H groups in total. The number of furan rings is 1. The molecule has 1 aromatic carbocycles. The first-order valence-electron chi connectivity index (χ1n) is 6.85. The normalized spacial score (nSPS) is 10.4. The van der Waals surface area contributed by atoms with Crippen molar-refractivity contribution in [1.82, 2.24) is 4.90 Å². The van der Waals surface area contributed by atoms with Gasteiger partial charge < -0.3 is 14.4 Å². The molecule has 0 aliphatic heterocycles. The van der Waals surface area contributed by atoms with Crippen molar-refractivity contribution in [1.29, 1.82) is 0 Å². The standard InChI is InChI=1S/C16H16BrNO4/c17-14-9-13(11-22-14)16(21)18(8-4-7-15(19)20)10-12-5-2-1-3-6-12/h1-3,5-6,9,11H,4,7-8,10H2,(H,19,20). The number of carbonyl (C=O) groups excluding carboxylic acids is 1. The molecule has 1 amide bonds. The number of hydrogen-bond acceptors (Lipinski definition) is 3. The van der Waals surface area contributed by atoms with Crippen LogP contribution in [-0.2, 0) is 11.3 Å². The van der Waals surface area contributed by atoms with Crippen molar-refractivity contribution in [2.75, 3.05) is 6.54 Å². The molecule has 1 heterocycles. The molecule has 0 bridgehead atoms. The lowest BCUT2D eigenvalue weighted by Gasteiger charge is -2.22. The largest absolute Gasteiger partial charge is 0.481 e. The quantitative estimate of drug-likeness (QED) is 0.814. The van der Waals surface area contributed by atoms with E-state index in [1.54, 1.807) is 11.0 Å². The van der Waals surface area contributed by atoms with E-state index in [9.17, 15) is 9.59 Å². The van der Waals surface area contributed by atoms with Crippen LogP contribution in [0.2, 0.25) is 0 Å². The maximum atomic E-state index is 12.5. The van der Waals surface area contributed by atoms with Crippen LogP contribution in [0.25, 0.3) is 0 Å². The van der Waals surface area contributed by atoms with E-state index < -0.39 is 5.97 Å². The van der Waals surface area contributed by atoms with E-state index in [-0.39, 0.29) is 12.3 Å². The molecule has 22 heavy (non-hydrogen) atoms. The highest BCUT2D eigenvalue weighted by Crippen LogP contribution is 2.17. The fourth-order valence-electron chi connectivity index (χ4n) is 2.08. The zero-order valence-electron chi connectivity index (χ0n) is 11.9. The summed E-state index contributed by atoms with van der Waals surface area (Å²) in [5.74, 6) is -1.04. The van der Waals surface area contributed by atoms with Crippen molar-refractivity contribution in [2.24, 2.45) is 0 Å². The number of halogens is 1. The van der Waals surface area contributed by atoms with Crippen molar-refractivity contribution in [3.8, 4) is 0 Å². The van der Waals surface area contributed by atoms with Crippen LogP contribution in [0, 0.1) is 0 Å². The van der Waals surface area contributed by atoms with Crippen molar-refractivity contribution < 1.29 is 19.1 Å². The minimum absolute atomic E-state index is 0.0354. The van der Waals surface area contributed by atoms with Crippen LogP contribution in [0.3, 0.4) is 0 Å². The monoisotopic (exact) mass is 365 g/mol. The summed E-state index contributed by atoms with van der Waals surface area (Å²) in [6.45, 7) is 0.810. The van der Waals surface area contributed by atoms with Gasteiger partial charge in [-0.3, -0.25) is 9.59 Å². The molecule has 0 saturated heterocycles. The minimum Gasteiger partial charge on any atom is -0.481 e. The van der Waals surface area contributed by atoms with Gasteiger partial charge in [0.15, 0.2) is 4.67 Å². The smallest absolute Gasteiger partial charge is 0.303 e. The van der Waals surface area contributed by atoms with Crippen molar-refractivity contribution in [2.45, 2.75) is 19.4 Å². The van der Waals surface area contributed by atoms with Gasteiger partial charge in [-0.25, -0.2) is 0 Å². The Bertz CT molecular complexity index is 639. The summed E-state index contributed by atoms with van der Waals surface area (Å²) >= 11 is 3.17. The van der Waals surface area contributed by atoms with Crippen LogP contribution in [0.5, 0.6) is 0 Å². The van der Waals surface area contributed by atoms with Crippen molar-refractivity contribution >= 4 is 27.8 Å². The van der Waals surface area contributed by atoms with Crippen LogP contribution in [0.1, 0.15) is 28.8 Å². The van der Waals surface area contributed by atoms with Gasteiger partial charge in [-0.15, -0.1) is 0 Å². The summed E-state index contributed by atoms with van der Waals surface area (Å²) in [5, 5.41) is 8.75. The molecule has 1 aromatic heterocycles. The van der Waals surface area contributed by atoms with Crippen LogP contribution in [0.4, 0.5) is 0 Å². The van der Waals surface area contributed by atoms with E-state index in [0.717, 1.165) is 5.56 Å². The van der Waals surface area contributed by atoms with E-state index in [1.807, 2.05) is 30.3 Å². The third-order valence-corrected chi connectivity index (χ3v) is 3.55. The summed E-state index contributed by atoms with van der Waals surface area (Å²) in [6.07, 6.45) is 1.84. The third kappa shape index (κ3) is 4.73. The van der Waals surface area contributed by atoms with Crippen LogP contribution in [-0.4, -0.2) is 28.4 Å². The van der Waals surface area contributed by atoms with Gasteiger partial charge >= 0.3 is 5.97 Å². The molecule has 0 radical (unpaired) electrons. The highest BCUT2D eigenvalue weighted by molar-refractivity contribution is 9.10. The van der Waals surface area contributed by atoms with Gasteiger partial charge in [0.05, 0.1) is 5.56 Å². The van der Waals surface area contributed by atoms with Crippen LogP contribution >= 0.6 is 15.9 Å². The van der Waals surface area contributed by atoms with E-state index >= 15 is 0 Å². The molecule has 5 nitrogen and oxygen atoms in total. The minimum atomic E-state index is -0.863. The second-order valence-corrected chi connectivity index (χ2v) is 5.63. The topological polar surface area (TPSA) is 70.8 Å². The number of carboxylic acids is 1. The molecular formula is C16H16BrNO4. The summed E-state index contributed by atoms with van der Waals surface area (Å²) in [6, 6.07) is 11.2. The molecule has 0 unspecified atom stereocenters. The van der Waals surface area contributed by atoms with Crippen molar-refractivity contribution in [3.05, 3.63) is 58.5 Å². The number of amides is 1. The number of rotatable bonds is 7. The van der Waals surface area contributed by atoms with Gasteiger partial charge in [0.1, 0.15) is 6.26 Å². The first kappa shape index (κ1) is 16.3. The molecule has 0 aliphatic carbocycles. The lowest BCUT2D eigenvalue weighted by atomic mass is 10.2. The predicted molar refractivity (Wildman–Crippen MR) is 84.5 cm³/mol. The summed E-state index contributed by atoms with van der Waals surface area (Å²) < 4.78 is 5.59. The average Bonchev–Trinajstić information content (AvgIpc) is 2.93. The Hall–Kier alpha value is -2.08. The number of hydrogen-bond donors (Lipinski definition) is 1. The first-order valence-corrected chi connectivity index (χ1v) is 7.64. The Balaban J connectivity index is 2.09. The summed E-state index contributed by atoms with van der Waals surface area (Å²) in [5.41, 5.74) is 1.44. The lowest BCUT2D eigenvalue weighted by molar-refractivity contribution is -0.137. The highest BCUT2D eigenvalue weighted by atomic mass is 79.9. The fraction of sp³-hybridized carbons (Fsp3) is 0.250. The number of benzene rings is 1. The van der Waals surface area contributed by atoms with Gasteiger partial charge in [0, 0.05) is 25.6 Å². The first-order chi connectivity index (χ1) is 10.6. The zero-order chi connectivity index (χ0) is 15.9. The van der Waals surface area contributed by atoms with Crippen molar-refractivity contribution in [3.63, 3.8) is 0 Å². The van der Waals surface area contributed by atoms with Crippen LogP contribution in [0.15, 0.2) is 51.7 Å². The Kier molecular flexibility index (Phi) is 5.77. The Morgan fingerprint density at radius 1 is 1.23 bits per heavy atom. The number of carboxylic acid groups (broad SMARTS) is 1. The molecule has 2 rings (SSSR count). The van der Waals surface area contributed by atoms with Gasteiger partial charge in [0.2, 0.25) is 0 Å². The van der Waals surface area contributed by atoms with Gasteiger partial charge in [0.25, 0.3) is 5.91 Å². The van der Waals surface area contributed by atoms with Gasteiger partial charge in [-0.05, 0) is 27.9 Å². The van der Waals surface area contributed by atoms with E-state index in [4.69, 9.17) is 9.52 Å². The number of nitrogens with zero attached hydrogens (tertiary/aromatic N) is 1. The lowest BCUT2D eigenvalue weighted by Crippen LogP contribution is -2.31. The molecular weight excluding hydrogens is 350 g/mol. The highest BCUT2D eigenvalue weighted by Gasteiger charge is 2.18. The SMILES string of the molecule is O=C(O)CCCN(Cc1ccccc1)C(=O)c1coc(Br)c1. The predicted octanol–water partition coefficient (Wildman–Crippen LogP) is 3.55. The van der Waals surface area contributed by atoms with Gasteiger partial charge in [-0.2, -0.15) is 0 Å². The zero-order valence-corrected chi connectivity index (χ0v) is 13.5. The fourth-order valence-corrected chi connectivity index (χ4v) is 2.42. The Labute approximate surface area is 136 Å². The number of carbonyl (C=O) groups is 2. The van der Waals surface area contributed by atoms with E-state index in [2.05, 4.69) is 15.9 Å². The molecule has 2 aromatic rings. The number of aliphatic carboxylic acids is 1. The summed E-state index contributed by atoms with van der Waals surface area (Å²) in [4.78, 5) is 24.8.